The van der Waals surface area contributed by atoms with Gasteiger partial charge in [0.25, 0.3) is 0 Å². The second-order valence-electron chi connectivity index (χ2n) is 10.2. The number of hydrogen-bond acceptors (Lipinski definition) is 5. The van der Waals surface area contributed by atoms with Crippen molar-refractivity contribution in [3.8, 4) is 0 Å². The number of carbonyl (C=O) groups is 1. The summed E-state index contributed by atoms with van der Waals surface area (Å²) in [6.45, 7) is 1.11. The van der Waals surface area contributed by atoms with E-state index >= 15 is 0 Å². The minimum absolute atomic E-state index is 0.0327. The van der Waals surface area contributed by atoms with Crippen LogP contribution in [0.1, 0.15) is 37.7 Å². The van der Waals surface area contributed by atoms with Crippen LogP contribution in [0.3, 0.4) is 0 Å². The molecule has 4 saturated carbocycles. The number of hydrogen-bond donors (Lipinski definition) is 3. The molecule has 1 amide bonds. The predicted molar refractivity (Wildman–Crippen MR) is 115 cm³/mol. The SMILES string of the molecule is CN(N)/N=C(\N)C1CN(C(=O)CC2(c3ccc(F)cc3)C3CC4CC2CC(C3)C4O)C1. The highest BCUT2D eigenvalue weighted by atomic mass is 19.1. The van der Waals surface area contributed by atoms with E-state index in [1.807, 2.05) is 17.0 Å². The summed E-state index contributed by atoms with van der Waals surface area (Å²) >= 11 is 0. The lowest BCUT2D eigenvalue weighted by Gasteiger charge is -2.63. The lowest BCUT2D eigenvalue weighted by atomic mass is 9.42. The van der Waals surface area contributed by atoms with Gasteiger partial charge in [-0.2, -0.15) is 0 Å². The van der Waals surface area contributed by atoms with E-state index in [1.165, 1.54) is 17.3 Å². The summed E-state index contributed by atoms with van der Waals surface area (Å²) in [7, 11) is 1.62. The molecule has 5 aliphatic rings. The zero-order valence-electron chi connectivity index (χ0n) is 18.0. The maximum atomic E-state index is 13.7. The summed E-state index contributed by atoms with van der Waals surface area (Å²) < 4.78 is 13.7. The van der Waals surface area contributed by atoms with E-state index in [2.05, 4.69) is 5.10 Å². The van der Waals surface area contributed by atoms with Crippen molar-refractivity contribution in [2.24, 2.45) is 46.3 Å². The Labute approximate surface area is 182 Å². The highest BCUT2D eigenvalue weighted by molar-refractivity contribution is 5.87. The Kier molecular flexibility index (Phi) is 4.97. The first-order valence-electron chi connectivity index (χ1n) is 11.3. The van der Waals surface area contributed by atoms with Gasteiger partial charge in [0.1, 0.15) is 11.7 Å². The number of nitrogens with two attached hydrogens (primary N) is 2. The number of aliphatic hydroxyl groups excluding tert-OH is 1. The van der Waals surface area contributed by atoms with Crippen molar-refractivity contribution in [3.05, 3.63) is 35.6 Å². The number of likely N-dealkylation sites (tertiary alicyclic amines) is 1. The Morgan fingerprint density at radius 1 is 1.19 bits per heavy atom. The first-order valence-corrected chi connectivity index (χ1v) is 11.3. The smallest absolute Gasteiger partial charge is 0.223 e. The molecule has 1 aromatic rings. The van der Waals surface area contributed by atoms with Gasteiger partial charge < -0.3 is 15.7 Å². The molecule has 8 heteroatoms. The van der Waals surface area contributed by atoms with Crippen molar-refractivity contribution in [1.82, 2.24) is 10.0 Å². The number of halogens is 1. The van der Waals surface area contributed by atoms with Crippen LogP contribution in [0.5, 0.6) is 0 Å². The van der Waals surface area contributed by atoms with Gasteiger partial charge in [0.15, 0.2) is 0 Å². The third-order valence-electron chi connectivity index (χ3n) is 8.52. The molecule has 0 spiro atoms. The molecular weight excluding hydrogens is 397 g/mol. The van der Waals surface area contributed by atoms with E-state index in [0.717, 1.165) is 31.2 Å². The third kappa shape index (κ3) is 3.31. The second-order valence-corrected chi connectivity index (χ2v) is 10.2. The molecule has 4 aliphatic carbocycles. The van der Waals surface area contributed by atoms with Crippen molar-refractivity contribution in [1.29, 1.82) is 0 Å². The Bertz CT molecular complexity index is 850. The summed E-state index contributed by atoms with van der Waals surface area (Å²) in [6.07, 6.45) is 4.03. The summed E-state index contributed by atoms with van der Waals surface area (Å²) in [5, 5.41) is 15.8. The Morgan fingerprint density at radius 2 is 1.74 bits per heavy atom. The second kappa shape index (κ2) is 7.45. The number of hydrazone groups is 1. The summed E-state index contributed by atoms with van der Waals surface area (Å²) in [5.41, 5.74) is 6.80. The zero-order valence-corrected chi connectivity index (χ0v) is 18.0. The van der Waals surface area contributed by atoms with Gasteiger partial charge in [-0.3, -0.25) is 4.79 Å². The van der Waals surface area contributed by atoms with Gasteiger partial charge in [-0.05, 0) is 67.1 Å². The topological polar surface area (TPSA) is 108 Å². The average Bonchev–Trinajstić information content (AvgIpc) is 2.65. The number of carbonyl (C=O) groups excluding carboxylic acids is 1. The molecule has 4 bridgehead atoms. The Morgan fingerprint density at radius 3 is 2.26 bits per heavy atom. The van der Waals surface area contributed by atoms with E-state index in [1.54, 1.807) is 7.05 Å². The van der Waals surface area contributed by atoms with Crippen LogP contribution in [-0.4, -0.2) is 53.1 Å². The fourth-order valence-corrected chi connectivity index (χ4v) is 7.08. The van der Waals surface area contributed by atoms with Crippen LogP contribution in [0.15, 0.2) is 29.4 Å². The van der Waals surface area contributed by atoms with E-state index in [9.17, 15) is 14.3 Å². The van der Waals surface area contributed by atoms with Gasteiger partial charge in [-0.15, -0.1) is 5.10 Å². The van der Waals surface area contributed by atoms with Gasteiger partial charge >= 0.3 is 0 Å². The number of rotatable bonds is 5. The molecule has 0 aromatic heterocycles. The fourth-order valence-electron chi connectivity index (χ4n) is 7.08. The van der Waals surface area contributed by atoms with Crippen molar-refractivity contribution in [3.63, 3.8) is 0 Å². The number of nitrogens with zero attached hydrogens (tertiary/aromatic N) is 3. The zero-order chi connectivity index (χ0) is 21.9. The quantitative estimate of drug-likeness (QED) is 0.284. The van der Waals surface area contributed by atoms with Gasteiger partial charge in [0.05, 0.1) is 12.0 Å². The maximum absolute atomic E-state index is 13.7. The Hall–Kier alpha value is -2.19. The Balaban J connectivity index is 1.39. The minimum Gasteiger partial charge on any atom is -0.393 e. The molecule has 31 heavy (non-hydrogen) atoms. The van der Waals surface area contributed by atoms with Gasteiger partial charge in [-0.1, -0.05) is 12.1 Å². The lowest BCUT2D eigenvalue weighted by molar-refractivity contribution is -0.155. The molecule has 7 nitrogen and oxygen atoms in total. The molecule has 5 N–H and O–H groups in total. The lowest BCUT2D eigenvalue weighted by Crippen LogP contribution is -2.62. The van der Waals surface area contributed by atoms with Crippen LogP contribution in [0, 0.1) is 35.4 Å². The summed E-state index contributed by atoms with van der Waals surface area (Å²) in [4.78, 5) is 15.3. The monoisotopic (exact) mass is 429 g/mol. The summed E-state index contributed by atoms with van der Waals surface area (Å²) in [5.74, 6) is 7.27. The first kappa shape index (κ1) is 20.7. The number of amidine groups is 1. The van der Waals surface area contributed by atoms with Crippen LogP contribution in [0.25, 0.3) is 0 Å². The molecule has 1 aliphatic heterocycles. The molecule has 0 atom stereocenters. The molecular formula is C23H32FN5O2. The summed E-state index contributed by atoms with van der Waals surface area (Å²) in [6, 6.07) is 6.78. The van der Waals surface area contributed by atoms with Gasteiger partial charge in [-0.25, -0.2) is 15.4 Å². The minimum atomic E-state index is -0.278. The molecule has 0 radical (unpaired) electrons. The highest BCUT2D eigenvalue weighted by Gasteiger charge is 2.61. The van der Waals surface area contributed by atoms with Crippen molar-refractivity contribution < 1.29 is 14.3 Å². The molecule has 1 saturated heterocycles. The van der Waals surface area contributed by atoms with Crippen LogP contribution in [-0.2, 0) is 10.2 Å². The number of benzene rings is 1. The van der Waals surface area contributed by atoms with Crippen molar-refractivity contribution in [2.45, 2.75) is 43.6 Å². The molecule has 0 unspecified atom stereocenters. The van der Waals surface area contributed by atoms with E-state index in [-0.39, 0.29) is 29.2 Å². The number of amides is 1. The van der Waals surface area contributed by atoms with Crippen LogP contribution >= 0.6 is 0 Å². The molecule has 6 rings (SSSR count). The fraction of sp³-hybridized carbons (Fsp3) is 0.652. The number of aliphatic hydroxyl groups is 1. The molecule has 1 heterocycles. The first-order chi connectivity index (χ1) is 14.8. The third-order valence-corrected chi connectivity index (χ3v) is 8.52. The van der Waals surface area contributed by atoms with E-state index in [4.69, 9.17) is 11.6 Å². The largest absolute Gasteiger partial charge is 0.393 e. The van der Waals surface area contributed by atoms with E-state index < -0.39 is 0 Å². The van der Waals surface area contributed by atoms with Crippen LogP contribution in [0.4, 0.5) is 4.39 Å². The van der Waals surface area contributed by atoms with Crippen molar-refractivity contribution in [2.75, 3.05) is 20.1 Å². The number of hydrazine groups is 1. The highest BCUT2D eigenvalue weighted by Crippen LogP contribution is 2.64. The molecule has 5 fully saturated rings. The van der Waals surface area contributed by atoms with Crippen LogP contribution in [0.2, 0.25) is 0 Å². The standard InChI is InChI=1S/C23H32FN5O2/c1-28(26)27-22(25)15-11-29(12-15)20(30)10-23(16-2-4-19(24)5-3-16)17-6-13-7-18(23)9-14(8-17)21(13)31/h2-5,13-15,17-18,21,31H,6-12,26H2,1H3,(H2,25,27). The van der Waals surface area contributed by atoms with Gasteiger partial charge in [0, 0.05) is 32.0 Å². The average molecular weight is 430 g/mol. The van der Waals surface area contributed by atoms with E-state index in [0.29, 0.717) is 49.0 Å². The molecule has 168 valence electrons. The van der Waals surface area contributed by atoms with Crippen LogP contribution < -0.4 is 11.6 Å². The molecule has 1 aromatic carbocycles. The van der Waals surface area contributed by atoms with Gasteiger partial charge in [0.2, 0.25) is 5.91 Å². The maximum Gasteiger partial charge on any atom is 0.223 e. The normalized spacial score (nSPS) is 37.1. The van der Waals surface area contributed by atoms with Crippen molar-refractivity contribution >= 4 is 11.7 Å². The predicted octanol–water partition coefficient (Wildman–Crippen LogP) is 1.42.